The summed E-state index contributed by atoms with van der Waals surface area (Å²) in [6.07, 6.45) is 2.97. The van der Waals surface area contributed by atoms with Gasteiger partial charge in [0.15, 0.2) is 0 Å². The molecule has 0 saturated carbocycles. The third-order valence-electron chi connectivity index (χ3n) is 3.41. The van der Waals surface area contributed by atoms with Crippen molar-refractivity contribution in [2.45, 2.75) is 0 Å². The van der Waals surface area contributed by atoms with E-state index in [9.17, 15) is 9.59 Å². The lowest BCUT2D eigenvalue weighted by Gasteiger charge is -2.14. The fraction of sp³-hybridized carbons (Fsp3) is 0. The van der Waals surface area contributed by atoms with Gasteiger partial charge >= 0.3 is 0 Å². The minimum Gasteiger partial charge on any atom is -0.267 e. The zero-order chi connectivity index (χ0) is 17.5. The van der Waals surface area contributed by atoms with Gasteiger partial charge in [-0.2, -0.15) is 10.1 Å². The predicted octanol–water partition coefficient (Wildman–Crippen LogP) is 3.40. The molecule has 0 N–H and O–H groups in total. The van der Waals surface area contributed by atoms with E-state index in [0.29, 0.717) is 5.56 Å². The highest BCUT2D eigenvalue weighted by molar-refractivity contribution is 6.09. The molecule has 0 aliphatic rings. The normalized spacial score (nSPS) is 10.6. The van der Waals surface area contributed by atoms with Crippen molar-refractivity contribution in [1.29, 1.82) is 0 Å². The Balaban J connectivity index is 1.95. The summed E-state index contributed by atoms with van der Waals surface area (Å²) >= 11 is 0. The van der Waals surface area contributed by atoms with E-state index < -0.39 is 11.8 Å². The Labute approximate surface area is 145 Å². The molecular formula is C20H15N3O2. The van der Waals surface area contributed by atoms with Gasteiger partial charge in [0, 0.05) is 11.8 Å². The molecule has 0 aliphatic heterocycles. The topological polar surface area (TPSA) is 62.6 Å². The first-order valence-corrected chi connectivity index (χ1v) is 7.69. The molecule has 1 aromatic heterocycles. The van der Waals surface area contributed by atoms with Crippen molar-refractivity contribution < 1.29 is 9.59 Å². The predicted molar refractivity (Wildman–Crippen MR) is 95.2 cm³/mol. The number of carbonyl (C=O) groups excluding carboxylic acids is 2. The molecule has 0 bridgehead atoms. The molecule has 0 aliphatic carbocycles. The number of imide groups is 1. The van der Waals surface area contributed by atoms with Crippen LogP contribution in [0.15, 0.2) is 90.2 Å². The zero-order valence-corrected chi connectivity index (χ0v) is 13.3. The highest BCUT2D eigenvalue weighted by Crippen LogP contribution is 2.10. The molecule has 122 valence electrons. The number of amides is 2. The van der Waals surface area contributed by atoms with Crippen molar-refractivity contribution in [2.75, 3.05) is 0 Å². The second-order valence-corrected chi connectivity index (χ2v) is 5.16. The van der Waals surface area contributed by atoms with Crippen LogP contribution in [-0.2, 0) is 0 Å². The largest absolute Gasteiger partial charge is 0.300 e. The Bertz CT molecular complexity index is 827. The van der Waals surface area contributed by atoms with Gasteiger partial charge in [0.1, 0.15) is 5.69 Å². The Hall–Kier alpha value is -3.60. The molecule has 3 aromatic rings. The zero-order valence-electron chi connectivity index (χ0n) is 13.3. The molecular weight excluding hydrogens is 314 g/mol. The van der Waals surface area contributed by atoms with Crippen LogP contribution in [0.4, 0.5) is 0 Å². The molecule has 5 heteroatoms. The van der Waals surface area contributed by atoms with Crippen LogP contribution in [0.3, 0.4) is 0 Å². The summed E-state index contributed by atoms with van der Waals surface area (Å²) in [5.74, 6) is -1.09. The average molecular weight is 329 g/mol. The highest BCUT2D eigenvalue weighted by atomic mass is 16.2. The number of rotatable bonds is 4. The summed E-state index contributed by atoms with van der Waals surface area (Å²) in [5.41, 5.74) is 1.30. The molecule has 0 saturated heterocycles. The van der Waals surface area contributed by atoms with Crippen LogP contribution in [0, 0.1) is 0 Å². The average Bonchev–Trinajstić information content (AvgIpc) is 2.70. The van der Waals surface area contributed by atoms with E-state index in [1.165, 1.54) is 12.4 Å². The molecule has 1 heterocycles. The molecule has 5 nitrogen and oxygen atoms in total. The molecule has 0 unspecified atom stereocenters. The second-order valence-electron chi connectivity index (χ2n) is 5.16. The monoisotopic (exact) mass is 329 g/mol. The molecule has 2 aromatic carbocycles. The number of hydrogen-bond donors (Lipinski definition) is 0. The van der Waals surface area contributed by atoms with Crippen LogP contribution in [0.25, 0.3) is 0 Å². The molecule has 2 amide bonds. The van der Waals surface area contributed by atoms with Crippen molar-refractivity contribution in [2.24, 2.45) is 5.10 Å². The Kier molecular flexibility index (Phi) is 5.07. The van der Waals surface area contributed by atoms with E-state index in [-0.39, 0.29) is 5.69 Å². The van der Waals surface area contributed by atoms with Crippen LogP contribution < -0.4 is 0 Å². The lowest BCUT2D eigenvalue weighted by Crippen LogP contribution is -2.33. The number of pyridine rings is 1. The number of hydrazone groups is 1. The van der Waals surface area contributed by atoms with Gasteiger partial charge in [0.05, 0.1) is 6.21 Å². The molecule has 3 rings (SSSR count). The van der Waals surface area contributed by atoms with Crippen LogP contribution in [0.1, 0.15) is 26.4 Å². The standard InChI is InChI=1S/C20H15N3O2/c24-19(17-11-5-2-6-12-17)23(20(25)18-13-7-8-14-21-18)22-15-16-9-3-1-4-10-16/h1-15H/b22-15+. The first-order chi connectivity index (χ1) is 12.3. The Morgan fingerprint density at radius 3 is 2.08 bits per heavy atom. The van der Waals surface area contributed by atoms with Crippen molar-refractivity contribution in [3.05, 3.63) is 102 Å². The maximum absolute atomic E-state index is 12.7. The van der Waals surface area contributed by atoms with Crippen molar-refractivity contribution >= 4 is 18.0 Å². The SMILES string of the molecule is O=C(c1ccccc1)N(/N=C/c1ccccc1)C(=O)c1ccccn1. The van der Waals surface area contributed by atoms with Gasteiger partial charge in [-0.3, -0.25) is 14.6 Å². The van der Waals surface area contributed by atoms with Gasteiger partial charge < -0.3 is 0 Å². The highest BCUT2D eigenvalue weighted by Gasteiger charge is 2.24. The summed E-state index contributed by atoms with van der Waals surface area (Å²) in [5, 5.41) is 4.95. The van der Waals surface area contributed by atoms with Crippen LogP contribution >= 0.6 is 0 Å². The van der Waals surface area contributed by atoms with E-state index in [2.05, 4.69) is 10.1 Å². The maximum atomic E-state index is 12.7. The molecule has 0 atom stereocenters. The summed E-state index contributed by atoms with van der Waals surface area (Å²) in [7, 11) is 0. The van der Waals surface area contributed by atoms with Crippen molar-refractivity contribution in [1.82, 2.24) is 9.99 Å². The van der Waals surface area contributed by atoms with Crippen LogP contribution in [0.2, 0.25) is 0 Å². The molecule has 0 radical (unpaired) electrons. The van der Waals surface area contributed by atoms with E-state index >= 15 is 0 Å². The van der Waals surface area contributed by atoms with E-state index in [1.54, 1.807) is 48.5 Å². The summed E-state index contributed by atoms with van der Waals surface area (Å²) in [6, 6.07) is 22.7. The Morgan fingerprint density at radius 2 is 1.44 bits per heavy atom. The lowest BCUT2D eigenvalue weighted by atomic mass is 10.2. The first-order valence-electron chi connectivity index (χ1n) is 7.69. The van der Waals surface area contributed by atoms with Gasteiger partial charge in [-0.25, -0.2) is 0 Å². The van der Waals surface area contributed by atoms with Crippen LogP contribution in [0.5, 0.6) is 0 Å². The van der Waals surface area contributed by atoms with E-state index in [4.69, 9.17) is 0 Å². The number of nitrogens with zero attached hydrogens (tertiary/aromatic N) is 3. The van der Waals surface area contributed by atoms with Gasteiger partial charge in [-0.15, -0.1) is 0 Å². The molecule has 25 heavy (non-hydrogen) atoms. The molecule has 0 fully saturated rings. The number of carbonyl (C=O) groups is 2. The van der Waals surface area contributed by atoms with E-state index in [1.807, 2.05) is 30.3 Å². The Morgan fingerprint density at radius 1 is 0.800 bits per heavy atom. The number of hydrogen-bond acceptors (Lipinski definition) is 4. The third-order valence-corrected chi connectivity index (χ3v) is 3.41. The van der Waals surface area contributed by atoms with Gasteiger partial charge in [0.25, 0.3) is 11.8 Å². The van der Waals surface area contributed by atoms with Crippen molar-refractivity contribution in [3.8, 4) is 0 Å². The smallest absolute Gasteiger partial charge is 0.267 e. The first kappa shape index (κ1) is 16.3. The fourth-order valence-corrected chi connectivity index (χ4v) is 2.16. The lowest BCUT2D eigenvalue weighted by molar-refractivity contribution is 0.0618. The fourth-order valence-electron chi connectivity index (χ4n) is 2.16. The summed E-state index contributed by atoms with van der Waals surface area (Å²) in [6.45, 7) is 0. The summed E-state index contributed by atoms with van der Waals surface area (Å²) < 4.78 is 0. The number of benzene rings is 2. The van der Waals surface area contributed by atoms with Crippen molar-refractivity contribution in [3.63, 3.8) is 0 Å². The van der Waals surface area contributed by atoms with Gasteiger partial charge in [-0.05, 0) is 29.8 Å². The van der Waals surface area contributed by atoms with Gasteiger partial charge in [0.2, 0.25) is 0 Å². The minimum absolute atomic E-state index is 0.150. The second kappa shape index (κ2) is 7.79. The quantitative estimate of drug-likeness (QED) is 0.419. The third kappa shape index (κ3) is 4.03. The molecule has 0 spiro atoms. The van der Waals surface area contributed by atoms with Gasteiger partial charge in [-0.1, -0.05) is 54.6 Å². The minimum atomic E-state index is -0.582. The number of aromatic nitrogens is 1. The maximum Gasteiger partial charge on any atom is 0.300 e. The van der Waals surface area contributed by atoms with Crippen LogP contribution in [-0.4, -0.2) is 28.0 Å². The summed E-state index contributed by atoms with van der Waals surface area (Å²) in [4.78, 5) is 29.5. The van der Waals surface area contributed by atoms with E-state index in [0.717, 1.165) is 10.6 Å².